The predicted octanol–water partition coefficient (Wildman–Crippen LogP) is 0.724. The van der Waals surface area contributed by atoms with Gasteiger partial charge >= 0.3 is 0 Å². The minimum Gasteiger partial charge on any atom is -0.265 e. The topological polar surface area (TPSA) is 93.9 Å². The SMILES string of the molecule is O=c1c2ccccc2nnn1NS(=O)(=O)c1ccccc1. The Balaban J connectivity index is 2.07. The summed E-state index contributed by atoms with van der Waals surface area (Å²) in [6, 6.07) is 14.3. The number of nitrogens with one attached hydrogen (secondary N) is 1. The molecule has 0 aliphatic heterocycles. The molecule has 2 aromatic carbocycles. The summed E-state index contributed by atoms with van der Waals surface area (Å²) < 4.78 is 24.3. The molecule has 0 amide bonds. The summed E-state index contributed by atoms with van der Waals surface area (Å²) in [4.78, 5) is 14.9. The van der Waals surface area contributed by atoms with E-state index in [-0.39, 0.29) is 10.3 Å². The molecule has 0 unspecified atom stereocenters. The number of hydrogen-bond donors (Lipinski definition) is 1. The number of aromatic nitrogens is 3. The fourth-order valence-electron chi connectivity index (χ4n) is 1.82. The number of benzene rings is 2. The van der Waals surface area contributed by atoms with Crippen LogP contribution in [0.15, 0.2) is 64.3 Å². The van der Waals surface area contributed by atoms with Crippen LogP contribution in [0.2, 0.25) is 0 Å². The zero-order valence-electron chi connectivity index (χ0n) is 10.7. The Morgan fingerprint density at radius 3 is 2.38 bits per heavy atom. The van der Waals surface area contributed by atoms with E-state index < -0.39 is 15.6 Å². The van der Waals surface area contributed by atoms with Gasteiger partial charge in [-0.05, 0) is 29.5 Å². The Morgan fingerprint density at radius 2 is 1.62 bits per heavy atom. The predicted molar refractivity (Wildman–Crippen MR) is 76.8 cm³/mol. The molecule has 8 heteroatoms. The van der Waals surface area contributed by atoms with Crippen molar-refractivity contribution in [1.82, 2.24) is 15.1 Å². The van der Waals surface area contributed by atoms with Crippen molar-refractivity contribution < 1.29 is 8.42 Å². The average Bonchev–Trinajstić information content (AvgIpc) is 2.51. The summed E-state index contributed by atoms with van der Waals surface area (Å²) in [5, 5.41) is 7.67. The molecule has 0 bridgehead atoms. The largest absolute Gasteiger partial charge is 0.297 e. The Labute approximate surface area is 119 Å². The quantitative estimate of drug-likeness (QED) is 0.769. The van der Waals surface area contributed by atoms with Gasteiger partial charge in [-0.15, -0.1) is 9.89 Å². The lowest BCUT2D eigenvalue weighted by molar-refractivity contribution is 0.585. The Hall–Kier alpha value is -2.74. The van der Waals surface area contributed by atoms with E-state index in [2.05, 4.69) is 15.1 Å². The number of hydrogen-bond acceptors (Lipinski definition) is 5. The van der Waals surface area contributed by atoms with Crippen molar-refractivity contribution >= 4 is 20.9 Å². The fraction of sp³-hybridized carbons (Fsp3) is 0. The first-order valence-corrected chi connectivity index (χ1v) is 7.49. The normalized spacial score (nSPS) is 11.4. The summed E-state index contributed by atoms with van der Waals surface area (Å²) in [7, 11) is -3.89. The van der Waals surface area contributed by atoms with Gasteiger partial charge in [0.25, 0.3) is 15.6 Å². The first-order valence-electron chi connectivity index (χ1n) is 6.00. The van der Waals surface area contributed by atoms with Crippen LogP contribution in [-0.4, -0.2) is 23.5 Å². The molecule has 21 heavy (non-hydrogen) atoms. The molecule has 0 spiro atoms. The minimum absolute atomic E-state index is 0.0341. The summed E-state index contributed by atoms with van der Waals surface area (Å²) >= 11 is 0. The summed E-state index contributed by atoms with van der Waals surface area (Å²) in [6.45, 7) is 0. The zero-order valence-corrected chi connectivity index (χ0v) is 11.5. The zero-order chi connectivity index (χ0) is 14.9. The molecule has 0 aliphatic rings. The summed E-state index contributed by atoms with van der Waals surface area (Å²) in [6.07, 6.45) is 0. The highest BCUT2D eigenvalue weighted by Gasteiger charge is 2.16. The highest BCUT2D eigenvalue weighted by Crippen LogP contribution is 2.08. The Bertz CT molecular complexity index is 952. The van der Waals surface area contributed by atoms with E-state index in [4.69, 9.17) is 0 Å². The molecule has 106 valence electrons. The second-order valence-electron chi connectivity index (χ2n) is 4.23. The number of sulfonamides is 1. The molecule has 1 aromatic heterocycles. The van der Waals surface area contributed by atoms with E-state index in [1.165, 1.54) is 12.1 Å². The molecule has 0 atom stereocenters. The molecule has 0 radical (unpaired) electrons. The van der Waals surface area contributed by atoms with Gasteiger partial charge in [-0.2, -0.15) is 13.2 Å². The Kier molecular flexibility index (Phi) is 3.15. The maximum Gasteiger partial charge on any atom is 0.297 e. The van der Waals surface area contributed by atoms with Crippen molar-refractivity contribution in [2.45, 2.75) is 4.90 Å². The van der Waals surface area contributed by atoms with Crippen LogP contribution in [0.4, 0.5) is 0 Å². The van der Waals surface area contributed by atoms with Crippen LogP contribution < -0.4 is 10.4 Å². The lowest BCUT2D eigenvalue weighted by Crippen LogP contribution is -2.35. The second kappa shape index (κ2) is 4.98. The van der Waals surface area contributed by atoms with Gasteiger partial charge < -0.3 is 0 Å². The van der Waals surface area contributed by atoms with E-state index in [1.807, 2.05) is 0 Å². The molecular weight excluding hydrogens is 292 g/mol. The fourth-order valence-corrected chi connectivity index (χ4v) is 2.78. The molecule has 3 rings (SSSR count). The molecule has 0 aliphatic carbocycles. The molecule has 0 saturated heterocycles. The average molecular weight is 302 g/mol. The standard InChI is InChI=1S/C13H10N4O3S/c18-13-11-8-4-5-9-12(11)14-15-17(13)16-21(19,20)10-6-2-1-3-7-10/h1-9,16H. The molecule has 0 saturated carbocycles. The van der Waals surface area contributed by atoms with Crippen molar-refractivity contribution in [3.8, 4) is 0 Å². The highest BCUT2D eigenvalue weighted by atomic mass is 32.2. The minimum atomic E-state index is -3.89. The second-order valence-corrected chi connectivity index (χ2v) is 5.89. The van der Waals surface area contributed by atoms with Gasteiger partial charge in [0, 0.05) is 0 Å². The summed E-state index contributed by atoms with van der Waals surface area (Å²) in [5.41, 5.74) is -0.183. The monoisotopic (exact) mass is 302 g/mol. The van der Waals surface area contributed by atoms with Crippen LogP contribution >= 0.6 is 0 Å². The molecule has 3 aromatic rings. The molecule has 7 nitrogen and oxygen atoms in total. The van der Waals surface area contributed by atoms with Crippen LogP contribution in [0, 0.1) is 0 Å². The maximum atomic E-state index is 12.2. The van der Waals surface area contributed by atoms with E-state index in [0.29, 0.717) is 10.3 Å². The van der Waals surface area contributed by atoms with Gasteiger partial charge in [-0.25, -0.2) is 0 Å². The number of rotatable bonds is 3. The third-order valence-corrected chi connectivity index (χ3v) is 4.13. The van der Waals surface area contributed by atoms with Crippen LogP contribution in [0.25, 0.3) is 10.9 Å². The van der Waals surface area contributed by atoms with Crippen molar-refractivity contribution in [2.24, 2.45) is 0 Å². The van der Waals surface area contributed by atoms with Crippen molar-refractivity contribution in [3.63, 3.8) is 0 Å². The molecular formula is C13H10N4O3S. The maximum absolute atomic E-state index is 12.2. The van der Waals surface area contributed by atoms with Gasteiger partial charge in [-0.3, -0.25) is 4.79 Å². The van der Waals surface area contributed by atoms with Crippen LogP contribution in [0.3, 0.4) is 0 Å². The number of fused-ring (bicyclic) bond motifs is 1. The van der Waals surface area contributed by atoms with E-state index in [0.717, 1.165) is 0 Å². The van der Waals surface area contributed by atoms with Crippen molar-refractivity contribution in [1.29, 1.82) is 0 Å². The van der Waals surface area contributed by atoms with E-state index in [9.17, 15) is 13.2 Å². The lowest BCUT2D eigenvalue weighted by atomic mass is 10.2. The number of nitrogens with zero attached hydrogens (tertiary/aromatic N) is 3. The van der Waals surface area contributed by atoms with Crippen molar-refractivity contribution in [3.05, 3.63) is 65.0 Å². The van der Waals surface area contributed by atoms with Gasteiger partial charge in [0.2, 0.25) is 0 Å². The smallest absolute Gasteiger partial charge is 0.265 e. The molecule has 0 fully saturated rings. The van der Waals surface area contributed by atoms with E-state index >= 15 is 0 Å². The molecule has 1 N–H and O–H groups in total. The van der Waals surface area contributed by atoms with E-state index in [1.54, 1.807) is 42.5 Å². The third-order valence-electron chi connectivity index (χ3n) is 2.83. The highest BCUT2D eigenvalue weighted by molar-refractivity contribution is 7.92. The van der Waals surface area contributed by atoms with Crippen molar-refractivity contribution in [2.75, 3.05) is 4.83 Å². The van der Waals surface area contributed by atoms with Gasteiger partial charge in [0.1, 0.15) is 5.52 Å². The first-order chi connectivity index (χ1) is 10.1. The van der Waals surface area contributed by atoms with Gasteiger partial charge in [-0.1, -0.05) is 30.3 Å². The lowest BCUT2D eigenvalue weighted by Gasteiger charge is -2.08. The van der Waals surface area contributed by atoms with Gasteiger partial charge in [0.05, 0.1) is 10.3 Å². The van der Waals surface area contributed by atoms with Crippen LogP contribution in [0.5, 0.6) is 0 Å². The van der Waals surface area contributed by atoms with Gasteiger partial charge in [0.15, 0.2) is 0 Å². The first kappa shape index (κ1) is 13.3. The summed E-state index contributed by atoms with van der Waals surface area (Å²) in [5.74, 6) is 0. The Morgan fingerprint density at radius 1 is 0.952 bits per heavy atom. The third kappa shape index (κ3) is 2.48. The van der Waals surface area contributed by atoms with Crippen LogP contribution in [-0.2, 0) is 10.0 Å². The van der Waals surface area contributed by atoms with Crippen LogP contribution in [0.1, 0.15) is 0 Å². The molecule has 1 heterocycles.